The van der Waals surface area contributed by atoms with Crippen LogP contribution in [0, 0.1) is 0 Å². The number of dihydropyridines is 1. The predicted molar refractivity (Wildman–Crippen MR) is 110 cm³/mol. The fourth-order valence-corrected chi connectivity index (χ4v) is 3.00. The first-order chi connectivity index (χ1) is 13.7. The minimum absolute atomic E-state index is 0.400. The van der Waals surface area contributed by atoms with Gasteiger partial charge in [0.15, 0.2) is 5.76 Å². The number of anilines is 2. The van der Waals surface area contributed by atoms with Gasteiger partial charge in [0.2, 0.25) is 0 Å². The van der Waals surface area contributed by atoms with Gasteiger partial charge in [-0.3, -0.25) is 0 Å². The summed E-state index contributed by atoms with van der Waals surface area (Å²) in [6, 6.07) is 14.1. The number of nitrogens with zero attached hydrogens (tertiary/aromatic N) is 1. The highest BCUT2D eigenvalue weighted by Crippen LogP contribution is 2.30. The van der Waals surface area contributed by atoms with Gasteiger partial charge in [0.25, 0.3) is 6.01 Å². The second-order valence-corrected chi connectivity index (χ2v) is 6.27. The molecule has 1 aromatic heterocycles. The van der Waals surface area contributed by atoms with Gasteiger partial charge in [-0.25, -0.2) is 4.98 Å². The van der Waals surface area contributed by atoms with Gasteiger partial charge in [0.1, 0.15) is 11.5 Å². The Morgan fingerprint density at radius 3 is 2.54 bits per heavy atom. The van der Waals surface area contributed by atoms with Crippen molar-refractivity contribution >= 4 is 17.3 Å². The molecule has 0 amide bonds. The topological polar surface area (TPSA) is 68.5 Å². The Morgan fingerprint density at radius 1 is 1.04 bits per heavy atom. The number of aromatic nitrogens is 1. The lowest BCUT2D eigenvalue weighted by Crippen LogP contribution is -2.11. The Balaban J connectivity index is 1.57. The van der Waals surface area contributed by atoms with E-state index in [0.29, 0.717) is 23.3 Å². The van der Waals surface area contributed by atoms with Gasteiger partial charge in [-0.05, 0) is 29.5 Å². The van der Waals surface area contributed by atoms with E-state index in [1.165, 1.54) is 5.57 Å². The van der Waals surface area contributed by atoms with Crippen molar-refractivity contribution in [3.8, 4) is 22.8 Å². The standard InChI is InChI=1S/C22H21N3O3/c1-26-19-10-18(11-20(12-19)27-2)25-22-24-14-21(28-22)16-6-3-5-15(9-16)17-7-4-8-23-13-17/h3-12,14,23H,13H2,1-2H3,(H,24,25). The van der Waals surface area contributed by atoms with Crippen LogP contribution in [0.25, 0.3) is 16.9 Å². The Morgan fingerprint density at radius 2 is 1.82 bits per heavy atom. The van der Waals surface area contributed by atoms with E-state index in [4.69, 9.17) is 13.9 Å². The largest absolute Gasteiger partial charge is 0.497 e. The van der Waals surface area contributed by atoms with Gasteiger partial charge in [0.05, 0.1) is 20.4 Å². The molecule has 2 aromatic carbocycles. The lowest BCUT2D eigenvalue weighted by Gasteiger charge is -2.11. The van der Waals surface area contributed by atoms with Crippen molar-refractivity contribution in [1.29, 1.82) is 0 Å². The van der Waals surface area contributed by atoms with E-state index >= 15 is 0 Å². The van der Waals surface area contributed by atoms with Crippen LogP contribution in [-0.4, -0.2) is 25.7 Å². The van der Waals surface area contributed by atoms with Crippen LogP contribution >= 0.6 is 0 Å². The number of hydrogen-bond acceptors (Lipinski definition) is 6. The van der Waals surface area contributed by atoms with Crippen molar-refractivity contribution in [3.63, 3.8) is 0 Å². The van der Waals surface area contributed by atoms with Crippen molar-refractivity contribution < 1.29 is 13.9 Å². The van der Waals surface area contributed by atoms with Crippen molar-refractivity contribution in [2.45, 2.75) is 0 Å². The lowest BCUT2D eigenvalue weighted by atomic mass is 10.0. The van der Waals surface area contributed by atoms with E-state index in [0.717, 1.165) is 23.4 Å². The minimum Gasteiger partial charge on any atom is -0.497 e. The summed E-state index contributed by atoms with van der Waals surface area (Å²) in [6.07, 6.45) is 7.77. The van der Waals surface area contributed by atoms with Crippen LogP contribution in [0.2, 0.25) is 0 Å². The average Bonchev–Trinajstić information content (AvgIpc) is 3.22. The summed E-state index contributed by atoms with van der Waals surface area (Å²) in [5.74, 6) is 2.06. The molecule has 6 heteroatoms. The molecule has 6 nitrogen and oxygen atoms in total. The summed E-state index contributed by atoms with van der Waals surface area (Å²) < 4.78 is 16.5. The van der Waals surface area contributed by atoms with Crippen LogP contribution in [0.15, 0.2) is 71.4 Å². The molecule has 0 unspecified atom stereocenters. The summed E-state index contributed by atoms with van der Waals surface area (Å²) in [5, 5.41) is 6.38. The van der Waals surface area contributed by atoms with Crippen LogP contribution in [0.5, 0.6) is 11.5 Å². The first-order valence-electron chi connectivity index (χ1n) is 8.91. The van der Waals surface area contributed by atoms with E-state index in [1.54, 1.807) is 20.4 Å². The van der Waals surface area contributed by atoms with Crippen LogP contribution < -0.4 is 20.1 Å². The second kappa shape index (κ2) is 7.92. The molecule has 0 atom stereocenters. The number of oxazole rings is 1. The molecule has 3 aromatic rings. The number of rotatable bonds is 6. The molecule has 0 aliphatic carbocycles. The maximum atomic E-state index is 5.91. The number of benzene rings is 2. The molecule has 28 heavy (non-hydrogen) atoms. The normalized spacial score (nSPS) is 12.9. The Hall–Kier alpha value is -3.67. The van der Waals surface area contributed by atoms with E-state index in [2.05, 4.69) is 33.8 Å². The van der Waals surface area contributed by atoms with Gasteiger partial charge in [-0.2, -0.15) is 0 Å². The highest BCUT2D eigenvalue weighted by Gasteiger charge is 2.10. The van der Waals surface area contributed by atoms with E-state index < -0.39 is 0 Å². The maximum absolute atomic E-state index is 5.91. The molecular weight excluding hydrogens is 354 g/mol. The number of allylic oxidation sites excluding steroid dienone is 2. The quantitative estimate of drug-likeness (QED) is 0.656. The first-order valence-corrected chi connectivity index (χ1v) is 8.91. The minimum atomic E-state index is 0.400. The van der Waals surface area contributed by atoms with Crippen molar-refractivity contribution in [1.82, 2.24) is 10.3 Å². The molecule has 0 spiro atoms. The third-order valence-electron chi connectivity index (χ3n) is 4.43. The van der Waals surface area contributed by atoms with Crippen molar-refractivity contribution in [3.05, 3.63) is 72.6 Å². The second-order valence-electron chi connectivity index (χ2n) is 6.27. The summed E-state index contributed by atoms with van der Waals surface area (Å²) in [6.45, 7) is 0.806. The van der Waals surface area contributed by atoms with Gasteiger partial charge >= 0.3 is 0 Å². The summed E-state index contributed by atoms with van der Waals surface area (Å²) in [5.41, 5.74) is 4.11. The molecule has 1 aliphatic heterocycles. The summed E-state index contributed by atoms with van der Waals surface area (Å²) in [7, 11) is 3.23. The van der Waals surface area contributed by atoms with Crippen molar-refractivity contribution in [2.75, 3.05) is 26.1 Å². The molecule has 0 saturated carbocycles. The zero-order valence-corrected chi connectivity index (χ0v) is 15.7. The van der Waals surface area contributed by atoms with Gasteiger partial charge in [-0.15, -0.1) is 0 Å². The van der Waals surface area contributed by atoms with E-state index in [-0.39, 0.29) is 0 Å². The molecule has 0 radical (unpaired) electrons. The number of methoxy groups -OCH3 is 2. The van der Waals surface area contributed by atoms with Gasteiger partial charge < -0.3 is 24.5 Å². The summed E-state index contributed by atoms with van der Waals surface area (Å²) in [4.78, 5) is 4.34. The van der Waals surface area contributed by atoms with Crippen LogP contribution in [0.1, 0.15) is 5.56 Å². The average molecular weight is 375 g/mol. The fraction of sp³-hybridized carbons (Fsp3) is 0.136. The first kappa shape index (κ1) is 17.7. The molecule has 0 bridgehead atoms. The molecule has 1 aliphatic rings. The molecule has 2 heterocycles. The number of ether oxygens (including phenoxy) is 2. The van der Waals surface area contributed by atoms with Gasteiger partial charge in [0, 0.05) is 36.0 Å². The molecule has 2 N–H and O–H groups in total. The maximum Gasteiger partial charge on any atom is 0.299 e. The highest BCUT2D eigenvalue weighted by molar-refractivity contribution is 5.73. The van der Waals surface area contributed by atoms with E-state index in [1.807, 2.05) is 42.6 Å². The third kappa shape index (κ3) is 3.86. The molecule has 142 valence electrons. The molecule has 4 rings (SSSR count). The highest BCUT2D eigenvalue weighted by atomic mass is 16.5. The predicted octanol–water partition coefficient (Wildman–Crippen LogP) is 4.60. The number of nitrogens with one attached hydrogen (secondary N) is 2. The third-order valence-corrected chi connectivity index (χ3v) is 4.43. The monoisotopic (exact) mass is 375 g/mol. The summed E-state index contributed by atoms with van der Waals surface area (Å²) >= 11 is 0. The smallest absolute Gasteiger partial charge is 0.299 e. The SMILES string of the molecule is COc1cc(Nc2ncc(-c3cccc(C4=CC=CNC4)c3)o2)cc(OC)c1. The Kier molecular flexibility index (Phi) is 5.01. The van der Waals surface area contributed by atoms with E-state index in [9.17, 15) is 0 Å². The molecule has 0 saturated heterocycles. The number of hydrogen-bond donors (Lipinski definition) is 2. The van der Waals surface area contributed by atoms with Crippen LogP contribution in [0.3, 0.4) is 0 Å². The van der Waals surface area contributed by atoms with Crippen LogP contribution in [0.4, 0.5) is 11.7 Å². The van der Waals surface area contributed by atoms with Gasteiger partial charge in [-0.1, -0.05) is 24.3 Å². The zero-order chi connectivity index (χ0) is 19.3. The van der Waals surface area contributed by atoms with Crippen molar-refractivity contribution in [2.24, 2.45) is 0 Å². The molecular formula is C22H21N3O3. The fourth-order valence-electron chi connectivity index (χ4n) is 3.00. The zero-order valence-electron chi connectivity index (χ0n) is 15.7. The Labute approximate surface area is 163 Å². The lowest BCUT2D eigenvalue weighted by molar-refractivity contribution is 0.394. The Bertz CT molecular complexity index is 1010. The molecule has 0 fully saturated rings. The van der Waals surface area contributed by atoms with Crippen LogP contribution in [-0.2, 0) is 0 Å².